The van der Waals surface area contributed by atoms with Crippen LogP contribution < -0.4 is 4.74 Å². The summed E-state index contributed by atoms with van der Waals surface area (Å²) in [5, 5.41) is 8.52. The van der Waals surface area contributed by atoms with E-state index in [1.54, 1.807) is 0 Å². The van der Waals surface area contributed by atoms with Crippen LogP contribution in [0.4, 0.5) is 0 Å². The van der Waals surface area contributed by atoms with Crippen molar-refractivity contribution in [2.75, 3.05) is 0 Å². The van der Waals surface area contributed by atoms with E-state index >= 15 is 0 Å². The summed E-state index contributed by atoms with van der Waals surface area (Å²) in [6.45, 7) is 2.06. The largest absolute Gasteiger partial charge is 0.436 e. The summed E-state index contributed by atoms with van der Waals surface area (Å²) in [4.78, 5) is 4.60. The molecule has 108 valence electrons. The second-order valence-corrected chi connectivity index (χ2v) is 4.95. The highest BCUT2D eigenvalue weighted by Crippen LogP contribution is 2.27. The van der Waals surface area contributed by atoms with Crippen molar-refractivity contribution in [3.05, 3.63) is 60.4 Å². The normalized spacial score (nSPS) is 11.1. The number of para-hydroxylation sites is 3. The lowest BCUT2D eigenvalue weighted by Gasteiger charge is -2.09. The van der Waals surface area contributed by atoms with Gasteiger partial charge in [-0.25, -0.2) is 4.98 Å². The maximum atomic E-state index is 5.92. The smallest absolute Gasteiger partial charge is 0.266 e. The molecule has 0 bridgehead atoms. The Hall–Kier alpha value is -2.95. The highest BCUT2D eigenvalue weighted by Gasteiger charge is 2.15. The molecule has 4 rings (SSSR count). The minimum atomic E-state index is 0.470. The van der Waals surface area contributed by atoms with Crippen LogP contribution in [0.2, 0.25) is 0 Å². The van der Waals surface area contributed by atoms with E-state index < -0.39 is 0 Å². The zero-order chi connectivity index (χ0) is 14.9. The first-order valence-corrected chi connectivity index (χ1v) is 7.22. The Balaban J connectivity index is 1.99. The number of nitrogens with zero attached hydrogens (tertiary/aromatic N) is 4. The molecule has 0 spiro atoms. The molecule has 0 aliphatic carbocycles. The fraction of sp³-hybridized carbons (Fsp3) is 0.118. The van der Waals surface area contributed by atoms with Crippen LogP contribution in [-0.4, -0.2) is 19.6 Å². The molecule has 0 atom stereocenters. The maximum absolute atomic E-state index is 5.92. The summed E-state index contributed by atoms with van der Waals surface area (Å²) in [5.74, 6) is 2.09. The lowest BCUT2D eigenvalue weighted by molar-refractivity contribution is 0.467. The highest BCUT2D eigenvalue weighted by molar-refractivity contribution is 5.79. The lowest BCUT2D eigenvalue weighted by Crippen LogP contribution is -1.99. The molecule has 0 saturated carbocycles. The molecule has 2 heterocycles. The van der Waals surface area contributed by atoms with E-state index in [1.807, 2.05) is 59.0 Å². The fourth-order valence-electron chi connectivity index (χ4n) is 2.51. The number of aryl methyl sites for hydroxylation is 1. The number of fused-ring (bicyclic) bond motifs is 3. The summed E-state index contributed by atoms with van der Waals surface area (Å²) in [7, 11) is 0. The van der Waals surface area contributed by atoms with Gasteiger partial charge in [0.15, 0.2) is 0 Å². The van der Waals surface area contributed by atoms with Crippen LogP contribution in [0.25, 0.3) is 16.7 Å². The Morgan fingerprint density at radius 2 is 1.73 bits per heavy atom. The second-order valence-electron chi connectivity index (χ2n) is 4.95. The molecular weight excluding hydrogens is 276 g/mol. The van der Waals surface area contributed by atoms with Gasteiger partial charge in [-0.15, -0.1) is 10.2 Å². The van der Waals surface area contributed by atoms with Gasteiger partial charge < -0.3 is 4.74 Å². The van der Waals surface area contributed by atoms with Crippen molar-refractivity contribution in [3.8, 4) is 11.6 Å². The Morgan fingerprint density at radius 3 is 2.55 bits per heavy atom. The van der Waals surface area contributed by atoms with Crippen molar-refractivity contribution in [2.24, 2.45) is 0 Å². The first-order chi connectivity index (χ1) is 10.9. The molecule has 4 aromatic rings. The van der Waals surface area contributed by atoms with Crippen LogP contribution in [-0.2, 0) is 6.42 Å². The molecule has 0 N–H and O–H groups in total. The summed E-state index contributed by atoms with van der Waals surface area (Å²) in [6.07, 6.45) is 0.792. The number of aromatic nitrogens is 4. The van der Waals surface area contributed by atoms with Gasteiger partial charge in [0.05, 0.1) is 11.0 Å². The Labute approximate surface area is 127 Å². The standard InChI is InChI=1S/C17H14N4O/c1-2-15-19-20-16-17(22-12-8-4-3-5-9-12)18-13-10-6-7-11-14(13)21(15)16/h3-11H,2H2,1H3. The van der Waals surface area contributed by atoms with Crippen molar-refractivity contribution in [1.29, 1.82) is 0 Å². The summed E-state index contributed by atoms with van der Waals surface area (Å²) < 4.78 is 7.94. The van der Waals surface area contributed by atoms with E-state index in [-0.39, 0.29) is 0 Å². The number of ether oxygens (including phenoxy) is 1. The SMILES string of the molecule is CCc1nnc2c(Oc3ccccc3)nc3ccccc3n12. The third kappa shape index (κ3) is 1.98. The monoisotopic (exact) mass is 290 g/mol. The number of benzene rings is 2. The van der Waals surface area contributed by atoms with E-state index in [0.717, 1.165) is 29.0 Å². The highest BCUT2D eigenvalue weighted by atomic mass is 16.5. The van der Waals surface area contributed by atoms with E-state index in [9.17, 15) is 0 Å². The van der Waals surface area contributed by atoms with E-state index in [2.05, 4.69) is 22.1 Å². The molecule has 0 aliphatic rings. The van der Waals surface area contributed by atoms with Crippen LogP contribution in [0.3, 0.4) is 0 Å². The van der Waals surface area contributed by atoms with E-state index in [0.29, 0.717) is 11.5 Å². The van der Waals surface area contributed by atoms with Crippen molar-refractivity contribution < 1.29 is 4.74 Å². The Kier molecular flexibility index (Phi) is 2.96. The van der Waals surface area contributed by atoms with Gasteiger partial charge in [-0.05, 0) is 24.3 Å². The zero-order valence-electron chi connectivity index (χ0n) is 12.1. The van der Waals surface area contributed by atoms with Gasteiger partial charge >= 0.3 is 0 Å². The molecule has 22 heavy (non-hydrogen) atoms. The number of rotatable bonds is 3. The summed E-state index contributed by atoms with van der Waals surface area (Å²) >= 11 is 0. The predicted molar refractivity (Wildman–Crippen MR) is 84.2 cm³/mol. The third-order valence-electron chi connectivity index (χ3n) is 3.54. The summed E-state index contributed by atoms with van der Waals surface area (Å²) in [5.41, 5.74) is 2.48. The average molecular weight is 290 g/mol. The Morgan fingerprint density at radius 1 is 0.955 bits per heavy atom. The maximum Gasteiger partial charge on any atom is 0.266 e. The van der Waals surface area contributed by atoms with Crippen LogP contribution in [0.5, 0.6) is 11.6 Å². The molecule has 0 unspecified atom stereocenters. The molecule has 5 nitrogen and oxygen atoms in total. The van der Waals surface area contributed by atoms with Gasteiger partial charge in [0.2, 0.25) is 5.65 Å². The van der Waals surface area contributed by atoms with Gasteiger partial charge in [0.1, 0.15) is 11.6 Å². The van der Waals surface area contributed by atoms with Gasteiger partial charge in [-0.2, -0.15) is 0 Å². The van der Waals surface area contributed by atoms with Gasteiger partial charge in [0.25, 0.3) is 5.88 Å². The topological polar surface area (TPSA) is 52.3 Å². The molecule has 0 amide bonds. The fourth-order valence-corrected chi connectivity index (χ4v) is 2.51. The van der Waals surface area contributed by atoms with Crippen LogP contribution >= 0.6 is 0 Å². The molecule has 0 saturated heterocycles. The van der Waals surface area contributed by atoms with Gasteiger partial charge in [0, 0.05) is 6.42 Å². The lowest BCUT2D eigenvalue weighted by atomic mass is 10.3. The third-order valence-corrected chi connectivity index (χ3v) is 3.54. The predicted octanol–water partition coefficient (Wildman–Crippen LogP) is 3.63. The Bertz CT molecular complexity index is 947. The minimum Gasteiger partial charge on any atom is -0.436 e. The zero-order valence-corrected chi connectivity index (χ0v) is 12.1. The minimum absolute atomic E-state index is 0.470. The first kappa shape index (κ1) is 12.8. The van der Waals surface area contributed by atoms with Crippen molar-refractivity contribution >= 4 is 16.7 Å². The molecule has 0 aliphatic heterocycles. The van der Waals surface area contributed by atoms with E-state index in [1.165, 1.54) is 0 Å². The quantitative estimate of drug-likeness (QED) is 0.578. The first-order valence-electron chi connectivity index (χ1n) is 7.22. The van der Waals surface area contributed by atoms with Crippen LogP contribution in [0.15, 0.2) is 54.6 Å². The van der Waals surface area contributed by atoms with Gasteiger partial charge in [-0.1, -0.05) is 37.3 Å². The summed E-state index contributed by atoms with van der Waals surface area (Å²) in [6, 6.07) is 17.5. The van der Waals surface area contributed by atoms with Crippen LogP contribution in [0, 0.1) is 0 Å². The molecular formula is C17H14N4O. The molecule has 0 radical (unpaired) electrons. The van der Waals surface area contributed by atoms with Crippen molar-refractivity contribution in [2.45, 2.75) is 13.3 Å². The number of hydrogen-bond donors (Lipinski definition) is 0. The second kappa shape index (κ2) is 5.11. The van der Waals surface area contributed by atoms with Crippen molar-refractivity contribution in [3.63, 3.8) is 0 Å². The van der Waals surface area contributed by atoms with Gasteiger partial charge in [-0.3, -0.25) is 4.40 Å². The number of hydrogen-bond acceptors (Lipinski definition) is 4. The van der Waals surface area contributed by atoms with E-state index in [4.69, 9.17) is 4.74 Å². The average Bonchev–Trinajstić information content (AvgIpc) is 3.01. The molecule has 2 aromatic carbocycles. The van der Waals surface area contributed by atoms with Crippen molar-refractivity contribution in [1.82, 2.24) is 19.6 Å². The molecule has 2 aromatic heterocycles. The van der Waals surface area contributed by atoms with Crippen LogP contribution in [0.1, 0.15) is 12.7 Å². The molecule has 0 fully saturated rings. The molecule has 5 heteroatoms.